The second kappa shape index (κ2) is 5.09. The fraction of sp³-hybridized carbons (Fsp3) is 0.286. The van der Waals surface area contributed by atoms with Crippen molar-refractivity contribution in [3.8, 4) is 0 Å². The van der Waals surface area contributed by atoms with Crippen LogP contribution >= 0.6 is 0 Å². The second-order valence-corrected chi connectivity index (χ2v) is 1.64. The normalized spacial score (nSPS) is 9.44. The highest BCUT2D eigenvalue weighted by Gasteiger charge is 1.77. The van der Waals surface area contributed by atoms with Gasteiger partial charge in [0.1, 0.15) is 0 Å². The van der Waals surface area contributed by atoms with E-state index in [-0.39, 0.29) is 5.78 Å². The van der Waals surface area contributed by atoms with E-state index in [1.807, 2.05) is 0 Å². The Hall–Kier alpha value is -1.05. The van der Waals surface area contributed by atoms with Gasteiger partial charge in [-0.25, -0.2) is 0 Å². The number of rotatable bonds is 4. The van der Waals surface area contributed by atoms with E-state index in [0.29, 0.717) is 6.54 Å². The molecule has 0 atom stereocenters. The molecule has 0 spiro atoms. The summed E-state index contributed by atoms with van der Waals surface area (Å²) in [5.41, 5.74) is 0. The summed E-state index contributed by atoms with van der Waals surface area (Å²) in [5.74, 6) is 0.0477. The lowest BCUT2D eigenvalue weighted by Crippen LogP contribution is -2.03. The van der Waals surface area contributed by atoms with E-state index in [9.17, 15) is 4.79 Å². The van der Waals surface area contributed by atoms with Crippen molar-refractivity contribution in [2.45, 2.75) is 6.92 Å². The maximum absolute atomic E-state index is 10.3. The molecular formula is C7H11NO. The van der Waals surface area contributed by atoms with Gasteiger partial charge in [0.2, 0.25) is 0 Å². The number of hydrogen-bond donors (Lipinski definition) is 1. The van der Waals surface area contributed by atoms with Crippen molar-refractivity contribution >= 4 is 5.78 Å². The van der Waals surface area contributed by atoms with Gasteiger partial charge in [-0.15, -0.1) is 6.58 Å². The predicted molar refractivity (Wildman–Crippen MR) is 38.0 cm³/mol. The quantitative estimate of drug-likeness (QED) is 0.343. The number of carbonyl (C=O) groups is 1. The van der Waals surface area contributed by atoms with Gasteiger partial charge in [0.05, 0.1) is 0 Å². The lowest BCUT2D eigenvalue weighted by molar-refractivity contribution is -0.112. The molecule has 0 aliphatic heterocycles. The summed E-state index contributed by atoms with van der Waals surface area (Å²) in [5, 5.41) is 2.85. The third-order valence-electron chi connectivity index (χ3n) is 0.698. The number of allylic oxidation sites excluding steroid dienone is 1. The standard InChI is InChI=1S/C7H11NO/c1-3-5-8-6-4-7(2)9/h3-4,6,8H,1,5H2,2H3/b6-4-. The lowest BCUT2D eigenvalue weighted by Gasteiger charge is -1.89. The zero-order valence-electron chi connectivity index (χ0n) is 5.55. The molecular weight excluding hydrogens is 114 g/mol. The van der Waals surface area contributed by atoms with Gasteiger partial charge in [0.25, 0.3) is 0 Å². The Bertz CT molecular complexity index is 127. The Morgan fingerprint density at radius 3 is 2.89 bits per heavy atom. The Morgan fingerprint density at radius 2 is 2.44 bits per heavy atom. The predicted octanol–water partition coefficient (Wildman–Crippen LogP) is 0.865. The van der Waals surface area contributed by atoms with Crippen LogP contribution in [0.5, 0.6) is 0 Å². The molecule has 0 fully saturated rings. The number of carbonyl (C=O) groups excluding carboxylic acids is 1. The molecule has 0 rings (SSSR count). The lowest BCUT2D eigenvalue weighted by atomic mass is 10.4. The van der Waals surface area contributed by atoms with E-state index < -0.39 is 0 Å². The van der Waals surface area contributed by atoms with Crippen molar-refractivity contribution in [1.29, 1.82) is 0 Å². The first-order valence-electron chi connectivity index (χ1n) is 2.78. The third-order valence-corrected chi connectivity index (χ3v) is 0.698. The van der Waals surface area contributed by atoms with E-state index in [2.05, 4.69) is 11.9 Å². The van der Waals surface area contributed by atoms with Crippen LogP contribution in [0, 0.1) is 0 Å². The van der Waals surface area contributed by atoms with Gasteiger partial charge in [-0.3, -0.25) is 4.79 Å². The molecule has 2 nitrogen and oxygen atoms in total. The minimum atomic E-state index is 0.0477. The monoisotopic (exact) mass is 125 g/mol. The van der Waals surface area contributed by atoms with Crippen LogP contribution in [-0.2, 0) is 4.79 Å². The Labute approximate surface area is 55.3 Å². The third kappa shape index (κ3) is 6.95. The molecule has 0 aromatic heterocycles. The van der Waals surface area contributed by atoms with Gasteiger partial charge in [-0.05, 0) is 13.0 Å². The van der Waals surface area contributed by atoms with Gasteiger partial charge >= 0.3 is 0 Å². The number of hydrogen-bond acceptors (Lipinski definition) is 2. The van der Waals surface area contributed by atoms with Crippen molar-refractivity contribution in [2.24, 2.45) is 0 Å². The van der Waals surface area contributed by atoms with Gasteiger partial charge in [0, 0.05) is 12.7 Å². The van der Waals surface area contributed by atoms with Crippen LogP contribution in [-0.4, -0.2) is 12.3 Å². The summed E-state index contributed by atoms with van der Waals surface area (Å²) in [6.07, 6.45) is 4.82. The fourth-order valence-electron chi connectivity index (χ4n) is 0.328. The van der Waals surface area contributed by atoms with Crippen LogP contribution in [0.25, 0.3) is 0 Å². The first-order valence-corrected chi connectivity index (χ1v) is 2.78. The molecule has 0 heterocycles. The maximum atomic E-state index is 10.3. The van der Waals surface area contributed by atoms with E-state index in [0.717, 1.165) is 0 Å². The first kappa shape index (κ1) is 7.95. The number of nitrogens with one attached hydrogen (secondary N) is 1. The van der Waals surface area contributed by atoms with E-state index in [1.54, 1.807) is 12.3 Å². The smallest absolute Gasteiger partial charge is 0.154 e. The molecule has 0 aromatic carbocycles. The highest BCUT2D eigenvalue weighted by atomic mass is 16.1. The van der Waals surface area contributed by atoms with Gasteiger partial charge in [0.15, 0.2) is 5.78 Å². The molecule has 2 heteroatoms. The summed E-state index contributed by atoms with van der Waals surface area (Å²) in [4.78, 5) is 10.3. The topological polar surface area (TPSA) is 29.1 Å². The van der Waals surface area contributed by atoms with Gasteiger partial charge in [-0.1, -0.05) is 6.08 Å². The van der Waals surface area contributed by atoms with Crippen LogP contribution in [0.2, 0.25) is 0 Å². The first-order chi connectivity index (χ1) is 4.27. The average molecular weight is 125 g/mol. The van der Waals surface area contributed by atoms with E-state index in [1.165, 1.54) is 13.0 Å². The second-order valence-electron chi connectivity index (χ2n) is 1.64. The van der Waals surface area contributed by atoms with E-state index >= 15 is 0 Å². The van der Waals surface area contributed by atoms with Crippen molar-refractivity contribution in [2.75, 3.05) is 6.54 Å². The molecule has 0 bridgehead atoms. The van der Waals surface area contributed by atoms with Crippen molar-refractivity contribution < 1.29 is 4.79 Å². The zero-order valence-corrected chi connectivity index (χ0v) is 5.55. The largest absolute Gasteiger partial charge is 0.387 e. The molecule has 50 valence electrons. The van der Waals surface area contributed by atoms with Crippen LogP contribution in [0.1, 0.15) is 6.92 Å². The minimum absolute atomic E-state index is 0.0477. The average Bonchev–Trinajstić information content (AvgIpc) is 1.80. The molecule has 0 aliphatic carbocycles. The zero-order chi connectivity index (χ0) is 7.11. The Kier molecular flexibility index (Phi) is 4.50. The van der Waals surface area contributed by atoms with Crippen LogP contribution in [0.3, 0.4) is 0 Å². The van der Waals surface area contributed by atoms with Crippen molar-refractivity contribution in [1.82, 2.24) is 5.32 Å². The Morgan fingerprint density at radius 1 is 1.78 bits per heavy atom. The summed E-state index contributed by atoms with van der Waals surface area (Å²) in [6.45, 7) is 5.70. The molecule has 0 aromatic rings. The number of ketones is 1. The molecule has 0 amide bonds. The summed E-state index contributed by atoms with van der Waals surface area (Å²) < 4.78 is 0. The fourth-order valence-corrected chi connectivity index (χ4v) is 0.328. The van der Waals surface area contributed by atoms with Crippen LogP contribution < -0.4 is 5.32 Å². The molecule has 0 saturated carbocycles. The molecule has 0 aliphatic rings. The summed E-state index contributed by atoms with van der Waals surface area (Å²) >= 11 is 0. The SMILES string of the molecule is C=CCN/C=C\C(C)=O. The summed E-state index contributed by atoms with van der Waals surface area (Å²) in [6, 6.07) is 0. The maximum Gasteiger partial charge on any atom is 0.154 e. The summed E-state index contributed by atoms with van der Waals surface area (Å²) in [7, 11) is 0. The van der Waals surface area contributed by atoms with Crippen LogP contribution in [0.15, 0.2) is 24.9 Å². The van der Waals surface area contributed by atoms with Crippen LogP contribution in [0.4, 0.5) is 0 Å². The molecule has 0 saturated heterocycles. The van der Waals surface area contributed by atoms with Gasteiger partial charge in [-0.2, -0.15) is 0 Å². The van der Waals surface area contributed by atoms with Gasteiger partial charge < -0.3 is 5.32 Å². The molecule has 0 unspecified atom stereocenters. The van der Waals surface area contributed by atoms with Crippen molar-refractivity contribution in [3.63, 3.8) is 0 Å². The highest BCUT2D eigenvalue weighted by Crippen LogP contribution is 1.70. The molecule has 9 heavy (non-hydrogen) atoms. The Balaban J connectivity index is 3.24. The van der Waals surface area contributed by atoms with Crippen molar-refractivity contribution in [3.05, 3.63) is 24.9 Å². The van der Waals surface area contributed by atoms with E-state index in [4.69, 9.17) is 0 Å². The minimum Gasteiger partial charge on any atom is -0.387 e. The molecule has 1 N–H and O–H groups in total. The molecule has 0 radical (unpaired) electrons. The highest BCUT2D eigenvalue weighted by molar-refractivity contribution is 5.87.